The third-order valence-electron chi connectivity index (χ3n) is 1.94. The molecule has 0 atom stereocenters. The number of carbonyl (C=O) groups is 1. The number of carbonyl (C=O) groups excluding carboxylic acids is 1. The first-order valence-electron chi connectivity index (χ1n) is 4.08. The summed E-state index contributed by atoms with van der Waals surface area (Å²) in [7, 11) is 0. The molecule has 0 aromatic rings. The van der Waals surface area contributed by atoms with Crippen molar-refractivity contribution in [3.8, 4) is 0 Å². The van der Waals surface area contributed by atoms with Crippen LogP contribution in [-0.2, 0) is 4.79 Å². The van der Waals surface area contributed by atoms with Crippen LogP contribution in [0.3, 0.4) is 0 Å². The Morgan fingerprint density at radius 3 is 2.67 bits per heavy atom. The van der Waals surface area contributed by atoms with E-state index in [2.05, 4.69) is 16.2 Å². The number of hydrogen-bond acceptors (Lipinski definition) is 2. The summed E-state index contributed by atoms with van der Waals surface area (Å²) < 4.78 is 0. The van der Waals surface area contributed by atoms with Crippen molar-refractivity contribution in [2.24, 2.45) is 0 Å². The van der Waals surface area contributed by atoms with Crippen LogP contribution in [0, 0.1) is 0 Å². The van der Waals surface area contributed by atoms with E-state index < -0.39 is 0 Å². The van der Waals surface area contributed by atoms with Gasteiger partial charge in [0.1, 0.15) is 0 Å². The standard InChI is InChI=1S/C7H13N3OS/c11-5-8-10-7(12)9-6-3-1-2-4-6/h5-6H,1-4H2,(H,8,11)(H2,9,10,12). The van der Waals surface area contributed by atoms with Crippen molar-refractivity contribution in [3.05, 3.63) is 0 Å². The van der Waals surface area contributed by atoms with E-state index in [0.717, 1.165) is 0 Å². The van der Waals surface area contributed by atoms with Crippen molar-refractivity contribution in [1.82, 2.24) is 16.2 Å². The highest BCUT2D eigenvalue weighted by molar-refractivity contribution is 7.80. The summed E-state index contributed by atoms with van der Waals surface area (Å²) >= 11 is 4.91. The lowest BCUT2D eigenvalue weighted by Gasteiger charge is -2.14. The van der Waals surface area contributed by atoms with Crippen LogP contribution in [0.15, 0.2) is 0 Å². The lowest BCUT2D eigenvalue weighted by molar-refractivity contribution is -0.110. The number of thiocarbonyl (C=S) groups is 1. The maximum atomic E-state index is 9.89. The Labute approximate surface area is 77.1 Å². The maximum absolute atomic E-state index is 9.89. The van der Waals surface area contributed by atoms with E-state index in [1.807, 2.05) is 0 Å². The van der Waals surface area contributed by atoms with Gasteiger partial charge in [0.15, 0.2) is 5.11 Å². The zero-order valence-electron chi connectivity index (χ0n) is 6.80. The molecule has 12 heavy (non-hydrogen) atoms. The predicted molar refractivity (Wildman–Crippen MR) is 50.3 cm³/mol. The summed E-state index contributed by atoms with van der Waals surface area (Å²) in [6.07, 6.45) is 5.43. The van der Waals surface area contributed by atoms with E-state index >= 15 is 0 Å². The number of nitrogens with one attached hydrogen (secondary N) is 3. The van der Waals surface area contributed by atoms with Crippen LogP contribution < -0.4 is 16.2 Å². The van der Waals surface area contributed by atoms with Gasteiger partial charge in [-0.2, -0.15) is 0 Å². The number of hydrogen-bond donors (Lipinski definition) is 3. The van der Waals surface area contributed by atoms with E-state index in [9.17, 15) is 4.79 Å². The number of hydrazine groups is 1. The quantitative estimate of drug-likeness (QED) is 0.332. The Balaban J connectivity index is 2.11. The summed E-state index contributed by atoms with van der Waals surface area (Å²) in [5, 5.41) is 3.61. The Bertz CT molecular complexity index is 168. The maximum Gasteiger partial charge on any atom is 0.225 e. The van der Waals surface area contributed by atoms with Gasteiger partial charge in [-0.3, -0.25) is 15.6 Å². The van der Waals surface area contributed by atoms with Gasteiger partial charge in [-0.25, -0.2) is 0 Å². The molecule has 0 aromatic carbocycles. The van der Waals surface area contributed by atoms with Crippen LogP contribution in [0.5, 0.6) is 0 Å². The van der Waals surface area contributed by atoms with Crippen molar-refractivity contribution in [3.63, 3.8) is 0 Å². The molecule has 68 valence electrons. The topological polar surface area (TPSA) is 53.2 Å². The van der Waals surface area contributed by atoms with Gasteiger partial charge < -0.3 is 5.32 Å². The first-order valence-corrected chi connectivity index (χ1v) is 4.49. The summed E-state index contributed by atoms with van der Waals surface area (Å²) in [4.78, 5) is 9.89. The first kappa shape index (κ1) is 9.25. The van der Waals surface area contributed by atoms with Crippen molar-refractivity contribution >= 4 is 23.7 Å². The predicted octanol–water partition coefficient (Wildman–Crippen LogP) is 0.0541. The second-order valence-electron chi connectivity index (χ2n) is 2.84. The van der Waals surface area contributed by atoms with Gasteiger partial charge >= 0.3 is 0 Å². The highest BCUT2D eigenvalue weighted by Gasteiger charge is 2.14. The fourth-order valence-corrected chi connectivity index (χ4v) is 1.61. The Morgan fingerprint density at radius 1 is 1.42 bits per heavy atom. The molecule has 5 heteroatoms. The number of amides is 1. The molecule has 1 aliphatic carbocycles. The molecular formula is C7H13N3OS. The van der Waals surface area contributed by atoms with Crippen molar-refractivity contribution in [2.75, 3.05) is 0 Å². The minimum atomic E-state index is 0.485. The molecule has 0 spiro atoms. The fraction of sp³-hybridized carbons (Fsp3) is 0.714. The highest BCUT2D eigenvalue weighted by Crippen LogP contribution is 2.17. The Kier molecular flexibility index (Phi) is 3.79. The minimum Gasteiger partial charge on any atom is -0.359 e. The Hall–Kier alpha value is -0.840. The van der Waals surface area contributed by atoms with Crippen molar-refractivity contribution < 1.29 is 4.79 Å². The highest BCUT2D eigenvalue weighted by atomic mass is 32.1. The minimum absolute atomic E-state index is 0.485. The van der Waals surface area contributed by atoms with Gasteiger partial charge in [-0.1, -0.05) is 12.8 Å². The smallest absolute Gasteiger partial charge is 0.225 e. The molecule has 3 N–H and O–H groups in total. The summed E-state index contributed by atoms with van der Waals surface area (Å²) in [6.45, 7) is 0. The molecule has 4 nitrogen and oxygen atoms in total. The summed E-state index contributed by atoms with van der Waals surface area (Å²) in [6, 6.07) is 0.485. The molecule has 1 saturated carbocycles. The monoisotopic (exact) mass is 187 g/mol. The third-order valence-corrected chi connectivity index (χ3v) is 2.15. The van der Waals surface area contributed by atoms with Crippen LogP contribution in [-0.4, -0.2) is 17.6 Å². The summed E-state index contributed by atoms with van der Waals surface area (Å²) in [5.74, 6) is 0. The van der Waals surface area contributed by atoms with Crippen LogP contribution in [0.25, 0.3) is 0 Å². The van der Waals surface area contributed by atoms with Gasteiger partial charge in [0, 0.05) is 6.04 Å². The summed E-state index contributed by atoms with van der Waals surface area (Å²) in [5.41, 5.74) is 4.85. The van der Waals surface area contributed by atoms with Crippen molar-refractivity contribution in [1.29, 1.82) is 0 Å². The average molecular weight is 187 g/mol. The van der Waals surface area contributed by atoms with Gasteiger partial charge in [0.05, 0.1) is 0 Å². The molecule has 0 aromatic heterocycles. The SMILES string of the molecule is O=CNNC(=S)NC1CCCC1. The molecule has 0 aliphatic heterocycles. The van der Waals surface area contributed by atoms with Crippen molar-refractivity contribution in [2.45, 2.75) is 31.7 Å². The molecule has 0 heterocycles. The second-order valence-corrected chi connectivity index (χ2v) is 3.25. The normalized spacial score (nSPS) is 17.0. The van der Waals surface area contributed by atoms with E-state index in [1.54, 1.807) is 0 Å². The molecule has 0 bridgehead atoms. The first-order chi connectivity index (χ1) is 5.83. The lowest BCUT2D eigenvalue weighted by Crippen LogP contribution is -2.46. The Morgan fingerprint density at radius 2 is 2.08 bits per heavy atom. The third kappa shape index (κ3) is 3.04. The molecule has 0 unspecified atom stereocenters. The molecule has 0 saturated heterocycles. The second kappa shape index (κ2) is 4.92. The van der Waals surface area contributed by atoms with Crippen LogP contribution >= 0.6 is 12.2 Å². The van der Waals surface area contributed by atoms with E-state index in [4.69, 9.17) is 12.2 Å². The van der Waals surface area contributed by atoms with Gasteiger partial charge in [0.2, 0.25) is 6.41 Å². The zero-order chi connectivity index (χ0) is 8.81. The molecule has 1 rings (SSSR count). The molecule has 1 aliphatic rings. The van der Waals surface area contributed by atoms with Crippen LogP contribution in [0.2, 0.25) is 0 Å². The van der Waals surface area contributed by atoms with Crippen LogP contribution in [0.4, 0.5) is 0 Å². The van der Waals surface area contributed by atoms with Gasteiger partial charge in [0.25, 0.3) is 0 Å². The number of rotatable bonds is 3. The molecule has 1 amide bonds. The van der Waals surface area contributed by atoms with E-state index in [-0.39, 0.29) is 0 Å². The van der Waals surface area contributed by atoms with Crippen LogP contribution in [0.1, 0.15) is 25.7 Å². The molecule has 1 fully saturated rings. The largest absolute Gasteiger partial charge is 0.359 e. The molecule has 0 radical (unpaired) electrons. The molecular weight excluding hydrogens is 174 g/mol. The van der Waals surface area contributed by atoms with Gasteiger partial charge in [-0.05, 0) is 25.1 Å². The van der Waals surface area contributed by atoms with E-state index in [0.29, 0.717) is 17.6 Å². The fourth-order valence-electron chi connectivity index (χ4n) is 1.39. The lowest BCUT2D eigenvalue weighted by atomic mass is 10.3. The van der Waals surface area contributed by atoms with E-state index in [1.165, 1.54) is 25.7 Å². The average Bonchev–Trinajstić information content (AvgIpc) is 2.53. The van der Waals surface area contributed by atoms with Gasteiger partial charge in [-0.15, -0.1) is 0 Å². The zero-order valence-corrected chi connectivity index (χ0v) is 7.62.